The molecule has 0 radical (unpaired) electrons. The molecule has 1 aromatic rings. The molecule has 15 heavy (non-hydrogen) atoms. The molecule has 0 bridgehead atoms. The zero-order valence-corrected chi connectivity index (χ0v) is 7.83. The van der Waals surface area contributed by atoms with Crippen LogP contribution < -0.4 is 5.32 Å². The molecule has 5 nitrogen and oxygen atoms in total. The van der Waals surface area contributed by atoms with E-state index in [1.807, 2.05) is 5.32 Å². The van der Waals surface area contributed by atoms with Crippen molar-refractivity contribution < 1.29 is 18.7 Å². The van der Waals surface area contributed by atoms with E-state index in [9.17, 15) is 13.6 Å². The molecular weight excluding hydrogens is 208 g/mol. The molecule has 0 aromatic carbocycles. The van der Waals surface area contributed by atoms with Crippen LogP contribution in [0.3, 0.4) is 0 Å². The van der Waals surface area contributed by atoms with Gasteiger partial charge in [-0.1, -0.05) is 0 Å². The summed E-state index contributed by atoms with van der Waals surface area (Å²) in [5.41, 5.74) is -1.50. The van der Waals surface area contributed by atoms with Gasteiger partial charge in [-0.2, -0.15) is 0 Å². The monoisotopic (exact) mass is 219 g/mol. The molecule has 0 spiro atoms. The first kappa shape index (κ1) is 11.6. The summed E-state index contributed by atoms with van der Waals surface area (Å²) in [4.78, 5) is 17.2. The molecule has 0 unspecified atom stereocenters. The Hall–Kier alpha value is -1.50. The first-order valence-electron chi connectivity index (χ1n) is 4.22. The lowest BCUT2D eigenvalue weighted by Gasteiger charge is -2.25. The Morgan fingerprint density at radius 2 is 2.40 bits per heavy atom. The summed E-state index contributed by atoms with van der Waals surface area (Å²) in [6.07, 6.45) is 2.52. The third-order valence-corrected chi connectivity index (χ3v) is 2.09. The third kappa shape index (κ3) is 2.50. The molecule has 0 saturated carbocycles. The number of aliphatic carboxylic acids is 1. The van der Waals surface area contributed by atoms with Gasteiger partial charge in [0, 0.05) is 18.3 Å². The van der Waals surface area contributed by atoms with Crippen molar-refractivity contribution in [1.29, 1.82) is 0 Å². The first-order chi connectivity index (χ1) is 7.14. The molecular formula is C8H11F2N3O2. The molecule has 0 fully saturated rings. The number of hydrogen-bond donors (Lipinski definition) is 3. The molecule has 1 aromatic heterocycles. The van der Waals surface area contributed by atoms with Gasteiger partial charge in [-0.05, 0) is 0 Å². The van der Waals surface area contributed by atoms with E-state index >= 15 is 0 Å². The van der Waals surface area contributed by atoms with Gasteiger partial charge in [-0.15, -0.1) is 0 Å². The van der Waals surface area contributed by atoms with E-state index in [-0.39, 0.29) is 6.42 Å². The molecule has 0 aliphatic rings. The Morgan fingerprint density at radius 1 is 1.67 bits per heavy atom. The molecule has 1 rings (SSSR count). The van der Waals surface area contributed by atoms with Crippen molar-refractivity contribution in [2.45, 2.75) is 12.0 Å². The second kappa shape index (κ2) is 4.83. The van der Waals surface area contributed by atoms with E-state index in [4.69, 9.17) is 5.11 Å². The van der Waals surface area contributed by atoms with E-state index in [1.165, 1.54) is 12.5 Å². The molecule has 0 aliphatic heterocycles. The summed E-state index contributed by atoms with van der Waals surface area (Å²) in [5, 5.41) is 10.8. The van der Waals surface area contributed by atoms with Crippen LogP contribution in [0.15, 0.2) is 12.5 Å². The van der Waals surface area contributed by atoms with Crippen LogP contribution in [-0.4, -0.2) is 40.1 Å². The lowest BCUT2D eigenvalue weighted by molar-refractivity contribution is -0.146. The van der Waals surface area contributed by atoms with Crippen LogP contribution in [0, 0.1) is 0 Å². The van der Waals surface area contributed by atoms with E-state index in [0.717, 1.165) is 0 Å². The maximum Gasteiger partial charge on any atom is 0.327 e. The van der Waals surface area contributed by atoms with Crippen LogP contribution in [-0.2, 0) is 11.2 Å². The van der Waals surface area contributed by atoms with Crippen LogP contribution in [0.25, 0.3) is 0 Å². The maximum atomic E-state index is 12.7. The zero-order valence-electron chi connectivity index (χ0n) is 7.83. The summed E-state index contributed by atoms with van der Waals surface area (Å²) < 4.78 is 24.8. The number of halogens is 2. The molecule has 0 aliphatic carbocycles. The molecule has 7 heteroatoms. The third-order valence-electron chi connectivity index (χ3n) is 2.09. The van der Waals surface area contributed by atoms with Gasteiger partial charge in [-0.3, -0.25) is 10.1 Å². The Morgan fingerprint density at radius 3 is 2.80 bits per heavy atom. The number of carbonyl (C=O) groups is 1. The van der Waals surface area contributed by atoms with E-state index in [1.54, 1.807) is 0 Å². The van der Waals surface area contributed by atoms with Crippen LogP contribution in [0.5, 0.6) is 0 Å². The summed E-state index contributed by atoms with van der Waals surface area (Å²) in [6, 6.07) is 0. The minimum absolute atomic E-state index is 0.192. The number of carboxylic acids is 1. The smallest absolute Gasteiger partial charge is 0.327 e. The number of H-pyrrole nitrogens is 1. The molecule has 1 heterocycles. The van der Waals surface area contributed by atoms with Crippen molar-refractivity contribution in [3.05, 3.63) is 18.2 Å². The predicted molar refractivity (Wildman–Crippen MR) is 47.7 cm³/mol. The number of aromatic nitrogens is 2. The number of hydrogen-bond acceptors (Lipinski definition) is 3. The quantitative estimate of drug-likeness (QED) is 0.600. The van der Waals surface area contributed by atoms with Crippen molar-refractivity contribution in [2.24, 2.45) is 0 Å². The standard InChI is InChI=1S/C8H11F2N3O2/c9-3-8(7(14)15,13-4-10)1-6-2-11-5-12-6/h2,5,13H,1,3-4H2,(H,11,12)(H,14,15)/t8-/m1/s1. The fourth-order valence-electron chi connectivity index (χ4n) is 1.20. The van der Waals surface area contributed by atoms with Crippen LogP contribution in [0.1, 0.15) is 5.69 Å². The Labute approximate surface area is 84.5 Å². The lowest BCUT2D eigenvalue weighted by atomic mass is 9.95. The summed E-state index contributed by atoms with van der Waals surface area (Å²) in [6.45, 7) is -2.31. The molecule has 0 amide bonds. The topological polar surface area (TPSA) is 78.0 Å². The maximum absolute atomic E-state index is 12.7. The number of nitrogens with zero attached hydrogens (tertiary/aromatic N) is 1. The fourth-order valence-corrected chi connectivity index (χ4v) is 1.20. The Balaban J connectivity index is 2.84. The minimum Gasteiger partial charge on any atom is -0.480 e. The lowest BCUT2D eigenvalue weighted by Crippen LogP contribution is -2.55. The SMILES string of the molecule is O=C(O)[C@](CF)(Cc1cnc[nH]1)NCF. The average Bonchev–Trinajstić information content (AvgIpc) is 2.69. The molecule has 3 N–H and O–H groups in total. The second-order valence-electron chi connectivity index (χ2n) is 3.08. The van der Waals surface area contributed by atoms with Gasteiger partial charge in [0.25, 0.3) is 0 Å². The number of alkyl halides is 2. The number of imidazole rings is 1. The van der Waals surface area contributed by atoms with Crippen molar-refractivity contribution in [3.8, 4) is 0 Å². The van der Waals surface area contributed by atoms with E-state index in [0.29, 0.717) is 5.69 Å². The van der Waals surface area contributed by atoms with Gasteiger partial charge in [-0.25, -0.2) is 13.8 Å². The Kier molecular flexibility index (Phi) is 3.73. The minimum atomic E-state index is -1.93. The molecule has 0 saturated heterocycles. The highest BCUT2D eigenvalue weighted by Crippen LogP contribution is 2.13. The number of nitrogens with one attached hydrogen (secondary N) is 2. The van der Waals surface area contributed by atoms with Crippen molar-refractivity contribution in [3.63, 3.8) is 0 Å². The van der Waals surface area contributed by atoms with E-state index in [2.05, 4.69) is 9.97 Å². The predicted octanol–water partition coefficient (Wildman–Crippen LogP) is 0.262. The normalized spacial score (nSPS) is 14.8. The molecule has 84 valence electrons. The second-order valence-corrected chi connectivity index (χ2v) is 3.08. The summed E-state index contributed by atoms with van der Waals surface area (Å²) in [5.74, 6) is -1.43. The van der Waals surface area contributed by atoms with Gasteiger partial charge in [0.05, 0.1) is 6.33 Å². The van der Waals surface area contributed by atoms with Gasteiger partial charge in [0.1, 0.15) is 13.5 Å². The highest BCUT2D eigenvalue weighted by Gasteiger charge is 2.39. The highest BCUT2D eigenvalue weighted by atomic mass is 19.1. The van der Waals surface area contributed by atoms with Crippen molar-refractivity contribution in [2.75, 3.05) is 13.5 Å². The van der Waals surface area contributed by atoms with Crippen molar-refractivity contribution in [1.82, 2.24) is 15.3 Å². The van der Waals surface area contributed by atoms with Crippen LogP contribution >= 0.6 is 0 Å². The average molecular weight is 219 g/mol. The Bertz CT molecular complexity index is 318. The number of rotatable bonds is 6. The highest BCUT2D eigenvalue weighted by molar-refractivity contribution is 5.79. The molecule has 1 atom stereocenters. The van der Waals surface area contributed by atoms with Gasteiger partial charge in [0.2, 0.25) is 0 Å². The first-order valence-corrected chi connectivity index (χ1v) is 4.22. The number of aromatic amines is 1. The van der Waals surface area contributed by atoms with Gasteiger partial charge >= 0.3 is 5.97 Å². The van der Waals surface area contributed by atoms with Crippen molar-refractivity contribution >= 4 is 5.97 Å². The summed E-state index contributed by atoms with van der Waals surface area (Å²) >= 11 is 0. The van der Waals surface area contributed by atoms with E-state index < -0.39 is 25.0 Å². The van der Waals surface area contributed by atoms with Crippen LogP contribution in [0.4, 0.5) is 8.78 Å². The summed E-state index contributed by atoms with van der Waals surface area (Å²) in [7, 11) is 0. The largest absolute Gasteiger partial charge is 0.480 e. The van der Waals surface area contributed by atoms with Gasteiger partial charge < -0.3 is 10.1 Å². The fraction of sp³-hybridized carbons (Fsp3) is 0.500. The number of carboxylic acid groups (broad SMARTS) is 1. The zero-order chi connectivity index (χ0) is 11.3. The van der Waals surface area contributed by atoms with Gasteiger partial charge in [0.15, 0.2) is 5.54 Å². The van der Waals surface area contributed by atoms with Crippen LogP contribution in [0.2, 0.25) is 0 Å².